The standard InChI is InChI=1S/C17H18N2O3S/c1-3-14(16-18-10-11(2)23-16)19-15(20)9-6-12-4-7-13(8-5-12)17(21)22/h4-10,14H,3H2,1-2H3,(H,19,20)(H,21,22)/b9-6+. The predicted octanol–water partition coefficient (Wildman–Crippen LogP) is 3.43. The fraction of sp³-hybridized carbons (Fsp3) is 0.235. The summed E-state index contributed by atoms with van der Waals surface area (Å²) in [6.07, 6.45) is 5.66. The van der Waals surface area contributed by atoms with E-state index in [2.05, 4.69) is 10.3 Å². The molecule has 1 atom stereocenters. The molecule has 0 aliphatic rings. The Hall–Kier alpha value is -2.47. The highest BCUT2D eigenvalue weighted by molar-refractivity contribution is 7.11. The van der Waals surface area contributed by atoms with Gasteiger partial charge in [-0.2, -0.15) is 0 Å². The Labute approximate surface area is 138 Å². The van der Waals surface area contributed by atoms with Gasteiger partial charge in [-0.05, 0) is 37.1 Å². The summed E-state index contributed by atoms with van der Waals surface area (Å²) in [6.45, 7) is 3.98. The number of aryl methyl sites for hydroxylation is 1. The van der Waals surface area contributed by atoms with Gasteiger partial charge < -0.3 is 10.4 Å². The minimum absolute atomic E-state index is 0.0970. The van der Waals surface area contributed by atoms with Crippen molar-refractivity contribution in [3.63, 3.8) is 0 Å². The van der Waals surface area contributed by atoms with E-state index in [1.807, 2.05) is 13.8 Å². The number of hydrogen-bond acceptors (Lipinski definition) is 4. The minimum Gasteiger partial charge on any atom is -0.478 e. The van der Waals surface area contributed by atoms with Gasteiger partial charge >= 0.3 is 5.97 Å². The van der Waals surface area contributed by atoms with E-state index in [0.29, 0.717) is 0 Å². The van der Waals surface area contributed by atoms with Crippen LogP contribution in [0, 0.1) is 6.92 Å². The van der Waals surface area contributed by atoms with Crippen molar-refractivity contribution in [3.8, 4) is 0 Å². The first-order valence-electron chi connectivity index (χ1n) is 7.24. The van der Waals surface area contributed by atoms with Gasteiger partial charge in [-0.1, -0.05) is 19.1 Å². The number of carbonyl (C=O) groups excluding carboxylic acids is 1. The molecule has 0 aliphatic carbocycles. The van der Waals surface area contributed by atoms with Crippen molar-refractivity contribution in [2.45, 2.75) is 26.3 Å². The molecule has 1 amide bonds. The monoisotopic (exact) mass is 330 g/mol. The topological polar surface area (TPSA) is 79.3 Å². The summed E-state index contributed by atoms with van der Waals surface area (Å²) in [5.74, 6) is -1.17. The molecule has 23 heavy (non-hydrogen) atoms. The summed E-state index contributed by atoms with van der Waals surface area (Å²) in [5.41, 5.74) is 0.986. The van der Waals surface area contributed by atoms with Crippen molar-refractivity contribution in [1.82, 2.24) is 10.3 Å². The zero-order valence-electron chi connectivity index (χ0n) is 12.9. The highest BCUT2D eigenvalue weighted by Gasteiger charge is 2.14. The lowest BCUT2D eigenvalue weighted by atomic mass is 10.1. The average Bonchev–Trinajstić information content (AvgIpc) is 2.97. The van der Waals surface area contributed by atoms with Crippen molar-refractivity contribution in [2.24, 2.45) is 0 Å². The molecule has 0 aliphatic heterocycles. The molecule has 1 aromatic heterocycles. The number of aromatic carboxylic acids is 1. The lowest BCUT2D eigenvalue weighted by Crippen LogP contribution is -2.26. The second-order valence-corrected chi connectivity index (χ2v) is 6.31. The summed E-state index contributed by atoms with van der Waals surface area (Å²) in [4.78, 5) is 28.2. The summed E-state index contributed by atoms with van der Waals surface area (Å²) in [5, 5.41) is 12.7. The van der Waals surface area contributed by atoms with Gasteiger partial charge in [0.05, 0.1) is 11.6 Å². The molecule has 0 bridgehead atoms. The number of carboxylic acids is 1. The summed E-state index contributed by atoms with van der Waals surface area (Å²) in [7, 11) is 0. The molecule has 0 radical (unpaired) electrons. The molecule has 2 aromatic rings. The van der Waals surface area contributed by atoms with Crippen LogP contribution in [0.25, 0.3) is 6.08 Å². The van der Waals surface area contributed by atoms with Crippen LogP contribution in [-0.2, 0) is 4.79 Å². The normalized spacial score (nSPS) is 12.3. The van der Waals surface area contributed by atoms with E-state index in [0.717, 1.165) is 21.9 Å². The number of hydrogen-bond donors (Lipinski definition) is 2. The van der Waals surface area contributed by atoms with Crippen molar-refractivity contribution in [1.29, 1.82) is 0 Å². The number of aromatic nitrogens is 1. The van der Waals surface area contributed by atoms with Gasteiger partial charge in [-0.15, -0.1) is 11.3 Å². The molecule has 120 valence electrons. The Morgan fingerprint density at radius 1 is 1.35 bits per heavy atom. The number of amides is 1. The zero-order valence-corrected chi connectivity index (χ0v) is 13.8. The van der Waals surface area contributed by atoms with E-state index in [-0.39, 0.29) is 17.5 Å². The number of carboxylic acid groups (broad SMARTS) is 1. The molecule has 1 aromatic carbocycles. The molecule has 2 rings (SSSR count). The number of nitrogens with zero attached hydrogens (tertiary/aromatic N) is 1. The van der Waals surface area contributed by atoms with Crippen LogP contribution in [0.15, 0.2) is 36.5 Å². The van der Waals surface area contributed by atoms with E-state index >= 15 is 0 Å². The largest absolute Gasteiger partial charge is 0.478 e. The first-order valence-corrected chi connectivity index (χ1v) is 8.05. The molecular weight excluding hydrogens is 312 g/mol. The SMILES string of the molecule is CCC(NC(=O)/C=C/c1ccc(C(=O)O)cc1)c1ncc(C)s1. The molecule has 0 fully saturated rings. The third-order valence-corrected chi connectivity index (χ3v) is 4.27. The highest BCUT2D eigenvalue weighted by Crippen LogP contribution is 2.21. The molecule has 0 spiro atoms. The molecule has 0 saturated carbocycles. The summed E-state index contributed by atoms with van der Waals surface area (Å²) < 4.78 is 0. The van der Waals surface area contributed by atoms with Crippen LogP contribution in [0.3, 0.4) is 0 Å². The van der Waals surface area contributed by atoms with Gasteiger partial charge in [0, 0.05) is 17.2 Å². The summed E-state index contributed by atoms with van der Waals surface area (Å²) in [6, 6.07) is 6.24. The lowest BCUT2D eigenvalue weighted by Gasteiger charge is -2.12. The lowest BCUT2D eigenvalue weighted by molar-refractivity contribution is -0.117. The average molecular weight is 330 g/mol. The van der Waals surface area contributed by atoms with E-state index in [9.17, 15) is 9.59 Å². The first kappa shape index (κ1) is 16.9. The Balaban J connectivity index is 1.98. The van der Waals surface area contributed by atoms with Crippen LogP contribution in [0.2, 0.25) is 0 Å². The Morgan fingerprint density at radius 3 is 2.57 bits per heavy atom. The maximum Gasteiger partial charge on any atom is 0.335 e. The predicted molar refractivity (Wildman–Crippen MR) is 90.5 cm³/mol. The van der Waals surface area contributed by atoms with Gasteiger partial charge in [0.25, 0.3) is 0 Å². The summed E-state index contributed by atoms with van der Waals surface area (Å²) >= 11 is 1.58. The second kappa shape index (κ2) is 7.69. The molecule has 1 heterocycles. The van der Waals surface area contributed by atoms with Crippen LogP contribution in [0.1, 0.15) is 45.2 Å². The second-order valence-electron chi connectivity index (χ2n) is 5.04. The van der Waals surface area contributed by atoms with Crippen molar-refractivity contribution in [2.75, 3.05) is 0 Å². The Kier molecular flexibility index (Phi) is 5.65. The van der Waals surface area contributed by atoms with Gasteiger partial charge in [-0.3, -0.25) is 4.79 Å². The smallest absolute Gasteiger partial charge is 0.335 e. The van der Waals surface area contributed by atoms with E-state index in [4.69, 9.17) is 5.11 Å². The molecule has 1 unspecified atom stereocenters. The fourth-order valence-electron chi connectivity index (χ4n) is 2.00. The number of nitrogens with one attached hydrogen (secondary N) is 1. The van der Waals surface area contributed by atoms with Crippen LogP contribution >= 0.6 is 11.3 Å². The van der Waals surface area contributed by atoms with Crippen LogP contribution in [0.5, 0.6) is 0 Å². The van der Waals surface area contributed by atoms with E-state index < -0.39 is 5.97 Å². The molecule has 6 heteroatoms. The third-order valence-electron chi connectivity index (χ3n) is 3.25. The van der Waals surface area contributed by atoms with E-state index in [1.54, 1.807) is 35.7 Å². The molecule has 5 nitrogen and oxygen atoms in total. The van der Waals surface area contributed by atoms with Crippen molar-refractivity contribution < 1.29 is 14.7 Å². The van der Waals surface area contributed by atoms with Gasteiger partial charge in [0.15, 0.2) is 0 Å². The first-order chi connectivity index (χ1) is 11.0. The number of thiazole rings is 1. The molecule has 0 saturated heterocycles. The van der Waals surface area contributed by atoms with Gasteiger partial charge in [-0.25, -0.2) is 9.78 Å². The van der Waals surface area contributed by atoms with Crippen molar-refractivity contribution >= 4 is 29.3 Å². The minimum atomic E-state index is -0.970. The maximum absolute atomic E-state index is 12.0. The maximum atomic E-state index is 12.0. The van der Waals surface area contributed by atoms with E-state index in [1.165, 1.54) is 18.2 Å². The zero-order chi connectivity index (χ0) is 16.8. The van der Waals surface area contributed by atoms with Gasteiger partial charge in [0.1, 0.15) is 5.01 Å². The Bertz CT molecular complexity index is 720. The number of benzene rings is 1. The van der Waals surface area contributed by atoms with Crippen molar-refractivity contribution in [3.05, 3.63) is 57.6 Å². The van der Waals surface area contributed by atoms with Gasteiger partial charge in [0.2, 0.25) is 5.91 Å². The quantitative estimate of drug-likeness (QED) is 0.795. The molecular formula is C17H18N2O3S. The molecule has 2 N–H and O–H groups in total. The van der Waals surface area contributed by atoms with Crippen LogP contribution < -0.4 is 5.32 Å². The Morgan fingerprint density at radius 2 is 2.04 bits per heavy atom. The fourth-order valence-corrected chi connectivity index (χ4v) is 2.91. The highest BCUT2D eigenvalue weighted by atomic mass is 32.1. The third kappa shape index (κ3) is 4.75. The van der Waals surface area contributed by atoms with Crippen LogP contribution in [-0.4, -0.2) is 22.0 Å². The number of rotatable bonds is 6. The number of carbonyl (C=O) groups is 2. The van der Waals surface area contributed by atoms with Crippen LogP contribution in [0.4, 0.5) is 0 Å².